The lowest BCUT2D eigenvalue weighted by Gasteiger charge is -1.98. The number of aryl methyl sites for hydroxylation is 2. The van der Waals surface area contributed by atoms with Gasteiger partial charge in [0.05, 0.1) is 0 Å². The van der Waals surface area contributed by atoms with Gasteiger partial charge in [0.1, 0.15) is 6.29 Å². The Hall–Kier alpha value is -1.57. The van der Waals surface area contributed by atoms with Crippen LogP contribution in [0.2, 0.25) is 0 Å². The second-order valence-electron chi connectivity index (χ2n) is 3.83. The highest BCUT2D eigenvalue weighted by Gasteiger charge is 2.07. The van der Waals surface area contributed by atoms with Gasteiger partial charge < -0.3 is 9.78 Å². The van der Waals surface area contributed by atoms with Crippen LogP contribution in [0.5, 0.6) is 0 Å². The Bertz CT molecular complexity index is 496. The predicted octanol–water partition coefficient (Wildman–Crippen LogP) is 2.78. The summed E-state index contributed by atoms with van der Waals surface area (Å²) in [6.07, 6.45) is 2.49. The molecule has 0 saturated heterocycles. The molecular weight excluding hydrogens is 186 g/mol. The number of carbonyl (C=O) groups excluding carboxylic acids is 1. The number of hydrogen-bond donors (Lipinski definition) is 1. The van der Waals surface area contributed by atoms with Gasteiger partial charge in [-0.1, -0.05) is 13.0 Å². The third-order valence-electron chi connectivity index (χ3n) is 2.88. The molecule has 1 aromatic heterocycles. The molecule has 1 N–H and O–H groups in total. The molecule has 0 unspecified atom stereocenters. The van der Waals surface area contributed by atoms with Crippen LogP contribution in [0, 0.1) is 6.92 Å². The van der Waals surface area contributed by atoms with E-state index in [9.17, 15) is 4.79 Å². The third-order valence-corrected chi connectivity index (χ3v) is 2.88. The lowest BCUT2D eigenvalue weighted by molar-refractivity contribution is -0.107. The van der Waals surface area contributed by atoms with Gasteiger partial charge in [-0.05, 0) is 36.6 Å². The molecule has 1 aromatic carbocycles. The molecule has 0 bridgehead atoms. The maximum Gasteiger partial charge on any atom is 0.124 e. The monoisotopic (exact) mass is 201 g/mol. The van der Waals surface area contributed by atoms with E-state index in [1.165, 1.54) is 10.9 Å². The number of H-pyrrole nitrogens is 1. The van der Waals surface area contributed by atoms with Gasteiger partial charge in [0.25, 0.3) is 0 Å². The number of hydrogen-bond acceptors (Lipinski definition) is 1. The van der Waals surface area contributed by atoms with Crippen LogP contribution in [-0.2, 0) is 17.6 Å². The molecule has 2 heteroatoms. The van der Waals surface area contributed by atoms with Gasteiger partial charge in [0.15, 0.2) is 0 Å². The van der Waals surface area contributed by atoms with E-state index in [0.29, 0.717) is 6.42 Å². The van der Waals surface area contributed by atoms with Gasteiger partial charge in [-0.25, -0.2) is 0 Å². The van der Waals surface area contributed by atoms with Gasteiger partial charge in [-0.3, -0.25) is 0 Å². The van der Waals surface area contributed by atoms with E-state index in [4.69, 9.17) is 0 Å². The number of benzene rings is 1. The van der Waals surface area contributed by atoms with E-state index in [2.05, 4.69) is 30.1 Å². The van der Waals surface area contributed by atoms with Crippen LogP contribution < -0.4 is 0 Å². The predicted molar refractivity (Wildman–Crippen MR) is 62.2 cm³/mol. The van der Waals surface area contributed by atoms with Gasteiger partial charge in [0, 0.05) is 23.0 Å². The molecule has 78 valence electrons. The van der Waals surface area contributed by atoms with E-state index in [0.717, 1.165) is 29.5 Å². The summed E-state index contributed by atoms with van der Waals surface area (Å²) >= 11 is 0. The zero-order valence-corrected chi connectivity index (χ0v) is 9.13. The van der Waals surface area contributed by atoms with Crippen molar-refractivity contribution in [1.82, 2.24) is 4.98 Å². The summed E-state index contributed by atoms with van der Waals surface area (Å²) in [5, 5.41) is 1.19. The molecule has 2 aromatic rings. The first-order chi connectivity index (χ1) is 7.26. The number of aldehydes is 1. The molecule has 0 atom stereocenters. The minimum Gasteiger partial charge on any atom is -0.358 e. The van der Waals surface area contributed by atoms with Crippen LogP contribution in [0.15, 0.2) is 18.2 Å². The SMILES string of the molecule is CCc1ccc2[nH]c(C)c(CC=O)c2c1. The molecule has 1 heterocycles. The van der Waals surface area contributed by atoms with Crippen molar-refractivity contribution in [3.8, 4) is 0 Å². The molecule has 0 saturated carbocycles. The highest BCUT2D eigenvalue weighted by Crippen LogP contribution is 2.23. The Labute approximate surface area is 89.3 Å². The van der Waals surface area contributed by atoms with Crippen LogP contribution in [0.4, 0.5) is 0 Å². The van der Waals surface area contributed by atoms with Gasteiger partial charge in [0.2, 0.25) is 0 Å². The number of fused-ring (bicyclic) bond motifs is 1. The second kappa shape index (κ2) is 3.89. The molecule has 15 heavy (non-hydrogen) atoms. The second-order valence-corrected chi connectivity index (χ2v) is 3.83. The highest BCUT2D eigenvalue weighted by atomic mass is 16.1. The Morgan fingerprint density at radius 1 is 1.40 bits per heavy atom. The standard InChI is InChI=1S/C13H15NO/c1-3-10-4-5-13-12(8-10)11(6-7-15)9(2)14-13/h4-5,7-8,14H,3,6H2,1-2H3. The van der Waals surface area contributed by atoms with E-state index in [-0.39, 0.29) is 0 Å². The first-order valence-corrected chi connectivity index (χ1v) is 5.30. The molecule has 0 aliphatic carbocycles. The summed E-state index contributed by atoms with van der Waals surface area (Å²) < 4.78 is 0. The fraction of sp³-hybridized carbons (Fsp3) is 0.308. The number of aromatic amines is 1. The van der Waals surface area contributed by atoms with Crippen LogP contribution in [-0.4, -0.2) is 11.3 Å². The average Bonchev–Trinajstić information content (AvgIpc) is 2.55. The lowest BCUT2D eigenvalue weighted by atomic mass is 10.0. The maximum absolute atomic E-state index is 10.6. The maximum atomic E-state index is 10.6. The van der Waals surface area contributed by atoms with E-state index < -0.39 is 0 Å². The number of rotatable bonds is 3. The molecule has 2 nitrogen and oxygen atoms in total. The quantitative estimate of drug-likeness (QED) is 0.761. The smallest absolute Gasteiger partial charge is 0.124 e. The van der Waals surface area contributed by atoms with Gasteiger partial charge in [-0.15, -0.1) is 0 Å². The lowest BCUT2D eigenvalue weighted by Crippen LogP contribution is -1.87. The molecule has 0 spiro atoms. The summed E-state index contributed by atoms with van der Waals surface area (Å²) in [6.45, 7) is 4.16. The zero-order chi connectivity index (χ0) is 10.8. The van der Waals surface area contributed by atoms with Crippen LogP contribution in [0.3, 0.4) is 0 Å². The Balaban J connectivity index is 2.65. The molecule has 0 aliphatic rings. The van der Waals surface area contributed by atoms with E-state index in [1.807, 2.05) is 6.92 Å². The van der Waals surface area contributed by atoms with Crippen LogP contribution in [0.1, 0.15) is 23.7 Å². The summed E-state index contributed by atoms with van der Waals surface area (Å²) in [5.74, 6) is 0. The topological polar surface area (TPSA) is 32.9 Å². The first kappa shape index (κ1) is 9.97. The van der Waals surface area contributed by atoms with E-state index >= 15 is 0 Å². The normalized spacial score (nSPS) is 10.8. The minimum absolute atomic E-state index is 0.499. The van der Waals surface area contributed by atoms with Crippen molar-refractivity contribution in [3.05, 3.63) is 35.0 Å². The van der Waals surface area contributed by atoms with Gasteiger partial charge in [-0.2, -0.15) is 0 Å². The number of carbonyl (C=O) groups is 1. The fourth-order valence-electron chi connectivity index (χ4n) is 2.00. The van der Waals surface area contributed by atoms with E-state index in [1.54, 1.807) is 0 Å². The van der Waals surface area contributed by atoms with Crippen molar-refractivity contribution in [3.63, 3.8) is 0 Å². The van der Waals surface area contributed by atoms with Crippen molar-refractivity contribution < 1.29 is 4.79 Å². The zero-order valence-electron chi connectivity index (χ0n) is 9.13. The Kier molecular flexibility index (Phi) is 2.58. The minimum atomic E-state index is 0.499. The van der Waals surface area contributed by atoms with Gasteiger partial charge >= 0.3 is 0 Å². The van der Waals surface area contributed by atoms with Crippen molar-refractivity contribution in [1.29, 1.82) is 0 Å². The first-order valence-electron chi connectivity index (χ1n) is 5.30. The molecular formula is C13H15NO. The third kappa shape index (κ3) is 1.67. The molecule has 0 aliphatic heterocycles. The molecule has 0 amide bonds. The Morgan fingerprint density at radius 3 is 2.87 bits per heavy atom. The highest BCUT2D eigenvalue weighted by molar-refractivity contribution is 5.87. The Morgan fingerprint density at radius 2 is 2.20 bits per heavy atom. The van der Waals surface area contributed by atoms with Crippen LogP contribution >= 0.6 is 0 Å². The average molecular weight is 201 g/mol. The van der Waals surface area contributed by atoms with Crippen molar-refractivity contribution in [2.75, 3.05) is 0 Å². The molecule has 2 rings (SSSR count). The summed E-state index contributed by atoms with van der Waals surface area (Å²) in [6, 6.07) is 6.40. The molecule has 0 radical (unpaired) electrons. The largest absolute Gasteiger partial charge is 0.358 e. The van der Waals surface area contributed by atoms with Crippen LogP contribution in [0.25, 0.3) is 10.9 Å². The summed E-state index contributed by atoms with van der Waals surface area (Å²) in [7, 11) is 0. The number of nitrogens with one attached hydrogen (secondary N) is 1. The summed E-state index contributed by atoms with van der Waals surface area (Å²) in [5.41, 5.74) is 4.68. The van der Waals surface area contributed by atoms with Crippen molar-refractivity contribution >= 4 is 17.2 Å². The fourth-order valence-corrected chi connectivity index (χ4v) is 2.00. The number of aromatic nitrogens is 1. The summed E-state index contributed by atoms with van der Waals surface area (Å²) in [4.78, 5) is 13.9. The van der Waals surface area contributed by atoms with Crippen molar-refractivity contribution in [2.45, 2.75) is 26.7 Å². The molecule has 0 fully saturated rings. The van der Waals surface area contributed by atoms with Crippen molar-refractivity contribution in [2.24, 2.45) is 0 Å².